The van der Waals surface area contributed by atoms with Crippen LogP contribution in [0.3, 0.4) is 0 Å². The summed E-state index contributed by atoms with van der Waals surface area (Å²) in [5, 5.41) is 8.37. The van der Waals surface area contributed by atoms with E-state index >= 15 is 0 Å². The zero-order valence-electron chi connectivity index (χ0n) is 19.2. The number of amides is 1. The van der Waals surface area contributed by atoms with Crippen molar-refractivity contribution in [3.63, 3.8) is 0 Å². The SMILES string of the molecule is CNC(=O)c1ncsc1Nc1cc(Nc2ccc(N3CCCCC3)cc2OC)ncc1C(F)(F)F. The van der Waals surface area contributed by atoms with Crippen LogP contribution in [-0.2, 0) is 6.18 Å². The van der Waals surface area contributed by atoms with Crippen molar-refractivity contribution >= 4 is 45.1 Å². The summed E-state index contributed by atoms with van der Waals surface area (Å²) in [6.07, 6.45) is -0.418. The number of hydrogen-bond donors (Lipinski definition) is 3. The minimum atomic E-state index is -4.65. The van der Waals surface area contributed by atoms with Gasteiger partial charge in [-0.25, -0.2) is 9.97 Å². The second-order valence-electron chi connectivity index (χ2n) is 7.90. The summed E-state index contributed by atoms with van der Waals surface area (Å²) in [5.74, 6) is 0.220. The topological polar surface area (TPSA) is 91.4 Å². The second kappa shape index (κ2) is 10.4. The van der Waals surface area contributed by atoms with Crippen LogP contribution in [0.5, 0.6) is 5.75 Å². The van der Waals surface area contributed by atoms with Crippen LogP contribution in [0, 0.1) is 0 Å². The normalized spacial score (nSPS) is 13.9. The van der Waals surface area contributed by atoms with Gasteiger partial charge in [0.2, 0.25) is 0 Å². The van der Waals surface area contributed by atoms with Crippen molar-refractivity contribution in [3.8, 4) is 5.75 Å². The number of methoxy groups -OCH3 is 1. The van der Waals surface area contributed by atoms with E-state index in [1.165, 1.54) is 32.2 Å². The van der Waals surface area contributed by atoms with Gasteiger partial charge in [0.05, 0.1) is 29.6 Å². The molecular weight excluding hydrogens is 481 g/mol. The average molecular weight is 507 g/mol. The highest BCUT2D eigenvalue weighted by molar-refractivity contribution is 7.14. The van der Waals surface area contributed by atoms with E-state index in [2.05, 4.69) is 30.8 Å². The number of alkyl halides is 3. The average Bonchev–Trinajstić information content (AvgIpc) is 3.32. The van der Waals surface area contributed by atoms with Gasteiger partial charge in [0.1, 0.15) is 16.6 Å². The molecule has 0 aliphatic carbocycles. The summed E-state index contributed by atoms with van der Waals surface area (Å²) in [6, 6.07) is 6.92. The van der Waals surface area contributed by atoms with E-state index < -0.39 is 17.6 Å². The molecule has 0 atom stereocenters. The van der Waals surface area contributed by atoms with Crippen LogP contribution in [-0.4, -0.2) is 43.1 Å². The van der Waals surface area contributed by atoms with Crippen LogP contribution >= 0.6 is 11.3 Å². The molecule has 3 N–H and O–H groups in total. The minimum absolute atomic E-state index is 0.00640. The molecule has 1 aromatic carbocycles. The number of benzene rings is 1. The Morgan fingerprint density at radius 3 is 2.54 bits per heavy atom. The van der Waals surface area contributed by atoms with E-state index in [9.17, 15) is 18.0 Å². The molecule has 12 heteroatoms. The number of nitrogens with zero attached hydrogens (tertiary/aromatic N) is 3. The predicted molar refractivity (Wildman–Crippen MR) is 130 cm³/mol. The smallest absolute Gasteiger partial charge is 0.419 e. The van der Waals surface area contributed by atoms with Crippen molar-refractivity contribution in [2.75, 3.05) is 42.8 Å². The fraction of sp³-hybridized carbons (Fsp3) is 0.348. The van der Waals surface area contributed by atoms with E-state index in [1.807, 2.05) is 18.2 Å². The molecule has 1 saturated heterocycles. The zero-order valence-corrected chi connectivity index (χ0v) is 20.0. The van der Waals surface area contributed by atoms with Gasteiger partial charge >= 0.3 is 6.18 Å². The Bertz CT molecular complexity index is 1190. The number of nitrogens with one attached hydrogen (secondary N) is 3. The Morgan fingerprint density at radius 2 is 1.86 bits per heavy atom. The molecule has 1 aliphatic rings. The number of hydrogen-bond acceptors (Lipinski definition) is 8. The molecule has 0 unspecified atom stereocenters. The fourth-order valence-corrected chi connectivity index (χ4v) is 4.55. The maximum atomic E-state index is 13.7. The van der Waals surface area contributed by atoms with E-state index in [1.54, 1.807) is 0 Å². The number of piperidine rings is 1. The third-order valence-corrected chi connectivity index (χ3v) is 6.38. The van der Waals surface area contributed by atoms with Crippen molar-refractivity contribution in [2.45, 2.75) is 25.4 Å². The minimum Gasteiger partial charge on any atom is -0.494 e. The van der Waals surface area contributed by atoms with Gasteiger partial charge in [-0.3, -0.25) is 4.79 Å². The Morgan fingerprint density at radius 1 is 1.09 bits per heavy atom. The first kappa shape index (κ1) is 24.6. The molecule has 35 heavy (non-hydrogen) atoms. The van der Waals surface area contributed by atoms with E-state index in [0.717, 1.165) is 49.2 Å². The molecule has 3 heterocycles. The molecule has 0 bridgehead atoms. The molecule has 3 aromatic rings. The van der Waals surface area contributed by atoms with E-state index in [0.29, 0.717) is 11.4 Å². The van der Waals surface area contributed by atoms with Crippen LogP contribution in [0.1, 0.15) is 35.3 Å². The maximum absolute atomic E-state index is 13.7. The standard InChI is InChI=1S/C23H25F3N6O2S/c1-27-21(33)20-22(35-13-29-20)31-17-11-19(28-12-15(17)23(24,25)26)30-16-7-6-14(10-18(16)34-2)32-8-4-3-5-9-32/h6-7,10-13H,3-5,8-9H2,1-2H3,(H,27,33)(H2,28,30,31). The first-order valence-electron chi connectivity index (χ1n) is 11.0. The van der Waals surface area contributed by atoms with Gasteiger partial charge in [-0.15, -0.1) is 11.3 Å². The third kappa shape index (κ3) is 5.59. The van der Waals surface area contributed by atoms with Gasteiger partial charge in [-0.1, -0.05) is 0 Å². The lowest BCUT2D eigenvalue weighted by Gasteiger charge is -2.29. The van der Waals surface area contributed by atoms with Gasteiger partial charge in [0.15, 0.2) is 5.69 Å². The summed E-state index contributed by atoms with van der Waals surface area (Å²) >= 11 is 1.02. The largest absolute Gasteiger partial charge is 0.494 e. The summed E-state index contributed by atoms with van der Waals surface area (Å²) in [7, 11) is 2.96. The molecule has 1 fully saturated rings. The van der Waals surface area contributed by atoms with Crippen LogP contribution in [0.15, 0.2) is 36.0 Å². The lowest BCUT2D eigenvalue weighted by molar-refractivity contribution is -0.137. The monoisotopic (exact) mass is 506 g/mol. The molecule has 0 spiro atoms. The zero-order chi connectivity index (χ0) is 25.0. The Balaban J connectivity index is 1.63. The number of anilines is 5. The highest BCUT2D eigenvalue weighted by atomic mass is 32.1. The van der Waals surface area contributed by atoms with Crippen LogP contribution in [0.4, 0.5) is 41.1 Å². The molecular formula is C23H25F3N6O2S. The fourth-order valence-electron chi connectivity index (χ4n) is 3.86. The lowest BCUT2D eigenvalue weighted by atomic mass is 10.1. The quantitative estimate of drug-likeness (QED) is 0.395. The lowest BCUT2D eigenvalue weighted by Crippen LogP contribution is -2.29. The Kier molecular flexibility index (Phi) is 7.29. The molecule has 4 rings (SSSR count). The number of carbonyl (C=O) groups is 1. The molecule has 2 aromatic heterocycles. The van der Waals surface area contributed by atoms with Crippen LogP contribution in [0.2, 0.25) is 0 Å². The summed E-state index contributed by atoms with van der Waals surface area (Å²) < 4.78 is 46.6. The van der Waals surface area contributed by atoms with Gasteiger partial charge in [-0.05, 0) is 31.4 Å². The third-order valence-electron chi connectivity index (χ3n) is 5.64. The maximum Gasteiger partial charge on any atom is 0.419 e. The van der Waals surface area contributed by atoms with Gasteiger partial charge in [0, 0.05) is 44.2 Å². The Hall–Kier alpha value is -3.54. The number of aromatic nitrogens is 2. The van der Waals surface area contributed by atoms with Gasteiger partial charge in [0.25, 0.3) is 5.91 Å². The number of thiazole rings is 1. The molecule has 1 amide bonds. The highest BCUT2D eigenvalue weighted by Gasteiger charge is 2.35. The highest BCUT2D eigenvalue weighted by Crippen LogP contribution is 2.39. The number of halogens is 3. The van der Waals surface area contributed by atoms with E-state index in [4.69, 9.17) is 4.74 Å². The van der Waals surface area contributed by atoms with Crippen molar-refractivity contribution in [1.82, 2.24) is 15.3 Å². The number of rotatable bonds is 7. The number of pyridine rings is 1. The molecule has 0 radical (unpaired) electrons. The molecule has 0 saturated carbocycles. The predicted octanol–water partition coefficient (Wildman–Crippen LogP) is 5.40. The Labute approximate surface area is 204 Å². The van der Waals surface area contributed by atoms with Crippen molar-refractivity contribution in [2.24, 2.45) is 0 Å². The molecule has 1 aliphatic heterocycles. The van der Waals surface area contributed by atoms with Gasteiger partial charge < -0.3 is 25.6 Å². The van der Waals surface area contributed by atoms with Crippen molar-refractivity contribution in [3.05, 3.63) is 47.2 Å². The molecule has 8 nitrogen and oxygen atoms in total. The summed E-state index contributed by atoms with van der Waals surface area (Å²) in [4.78, 5) is 22.2. The van der Waals surface area contributed by atoms with E-state index in [-0.39, 0.29) is 22.2 Å². The van der Waals surface area contributed by atoms with Crippen molar-refractivity contribution < 1.29 is 22.7 Å². The second-order valence-corrected chi connectivity index (χ2v) is 8.76. The first-order valence-corrected chi connectivity index (χ1v) is 11.9. The van der Waals surface area contributed by atoms with Crippen molar-refractivity contribution in [1.29, 1.82) is 0 Å². The van der Waals surface area contributed by atoms with Crippen LogP contribution < -0.4 is 25.6 Å². The summed E-state index contributed by atoms with van der Waals surface area (Å²) in [6.45, 7) is 1.95. The summed E-state index contributed by atoms with van der Waals surface area (Å²) in [5.41, 5.74) is 1.76. The number of carbonyl (C=O) groups excluding carboxylic acids is 1. The first-order chi connectivity index (χ1) is 16.8. The van der Waals surface area contributed by atoms with Gasteiger partial charge in [-0.2, -0.15) is 13.2 Å². The van der Waals surface area contributed by atoms with Crippen LogP contribution in [0.25, 0.3) is 0 Å². The molecule has 186 valence electrons. The number of ether oxygens (including phenoxy) is 1.